The van der Waals surface area contributed by atoms with Gasteiger partial charge in [0.05, 0.1) is 42.2 Å². The van der Waals surface area contributed by atoms with E-state index < -0.39 is 75.1 Å². The molecule has 67 heavy (non-hydrogen) atoms. The Morgan fingerprint density at radius 3 is 1.52 bits per heavy atom. The predicted molar refractivity (Wildman–Crippen MR) is 238 cm³/mol. The number of nitrogens with one attached hydrogen (secondary N) is 2. The van der Waals surface area contributed by atoms with Gasteiger partial charge in [-0.3, -0.25) is 22.8 Å². The van der Waals surface area contributed by atoms with E-state index in [0.29, 0.717) is 6.07 Å². The van der Waals surface area contributed by atoms with Gasteiger partial charge in [0.15, 0.2) is 11.6 Å². The molecule has 1 aromatic heterocycles. The second-order valence-corrected chi connectivity index (χ2v) is 21.1. The lowest BCUT2D eigenvalue weighted by Gasteiger charge is -2.16. The van der Waals surface area contributed by atoms with Crippen molar-refractivity contribution in [3.8, 4) is 6.07 Å². The minimum atomic E-state index is -5.05. The van der Waals surface area contributed by atoms with E-state index in [-0.39, 0.29) is 78.4 Å². The number of rotatable bonds is 13. The van der Waals surface area contributed by atoms with Gasteiger partial charge in [0.1, 0.15) is 16.7 Å². The molecule has 0 aliphatic carbocycles. The van der Waals surface area contributed by atoms with E-state index in [1.165, 1.54) is 61.5 Å². The van der Waals surface area contributed by atoms with E-state index in [9.17, 15) is 70.1 Å². The number of pyridine rings is 1. The molecular formula is C39H28N8O15S5. The zero-order chi connectivity index (χ0) is 48.9. The second kappa shape index (κ2) is 17.6. The average molecular weight is 1010 g/mol. The summed E-state index contributed by atoms with van der Waals surface area (Å²) >= 11 is 0. The number of hydrogen-bond acceptors (Lipinski definition) is 18. The summed E-state index contributed by atoms with van der Waals surface area (Å²) in [5.74, 6) is -0.154. The Morgan fingerprint density at radius 1 is 0.493 bits per heavy atom. The second-order valence-electron chi connectivity index (χ2n) is 14.0. The number of benzene rings is 6. The molecule has 0 atom stereocenters. The standard InChI is InChI=1S/C39H28N8O15S5/c1-21-33(20-40)38(41-23-4-8-26(9-5-23)63(48,49)50)43-39(42-24-6-10-27(11-7-24)64(51,52)53)37(21)47-46-34-14-15-35(32-18-28(65(54,55)56)12-13-30(32)34)45-44-25-3-2-22-16-29(66(57,58)59)19-36(31(22)17-25)67(60,61)62/h2-19H,1H3,(H2,41,42,43)(H,48,49,50)(H,51,52,53)(H,54,55,56)(H,57,58,59)(H,60,61,62)/b45-44+,47-46+. The fraction of sp³-hybridized carbons (Fsp3) is 0.0256. The zero-order valence-corrected chi connectivity index (χ0v) is 37.5. The van der Waals surface area contributed by atoms with Crippen LogP contribution in [0.1, 0.15) is 11.1 Å². The Hall–Kier alpha value is -7.17. The minimum absolute atomic E-state index is 0.0249. The van der Waals surface area contributed by atoms with Crippen LogP contribution in [0.3, 0.4) is 0 Å². The lowest BCUT2D eigenvalue weighted by atomic mass is 10.1. The summed E-state index contributed by atoms with van der Waals surface area (Å²) in [6, 6.07) is 22.9. The van der Waals surface area contributed by atoms with Crippen molar-refractivity contribution in [2.75, 3.05) is 10.6 Å². The first kappa shape index (κ1) is 47.8. The van der Waals surface area contributed by atoms with Crippen LogP contribution in [-0.2, 0) is 50.6 Å². The lowest BCUT2D eigenvalue weighted by Crippen LogP contribution is -2.05. The van der Waals surface area contributed by atoms with Gasteiger partial charge < -0.3 is 10.6 Å². The van der Waals surface area contributed by atoms with Crippen molar-refractivity contribution >= 4 is 118 Å². The Bertz CT molecular complexity index is 3900. The molecular weight excluding hydrogens is 981 g/mol. The third-order valence-electron chi connectivity index (χ3n) is 9.58. The summed E-state index contributed by atoms with van der Waals surface area (Å²) < 4.78 is 167. The van der Waals surface area contributed by atoms with Crippen molar-refractivity contribution in [1.29, 1.82) is 5.26 Å². The molecule has 7 rings (SSSR count). The molecule has 6 aromatic carbocycles. The minimum Gasteiger partial charge on any atom is -0.339 e. The van der Waals surface area contributed by atoms with Gasteiger partial charge in [0.25, 0.3) is 50.6 Å². The van der Waals surface area contributed by atoms with Crippen molar-refractivity contribution < 1.29 is 64.9 Å². The first-order chi connectivity index (χ1) is 31.2. The topological polar surface area (TPSA) is 382 Å². The van der Waals surface area contributed by atoms with Crippen LogP contribution in [0.4, 0.5) is 45.8 Å². The fourth-order valence-corrected chi connectivity index (χ4v) is 9.20. The molecule has 0 saturated heterocycles. The third-order valence-corrected chi connectivity index (χ3v) is 13.9. The molecule has 0 spiro atoms. The average Bonchev–Trinajstić information content (AvgIpc) is 3.24. The van der Waals surface area contributed by atoms with E-state index in [1.807, 2.05) is 6.07 Å². The van der Waals surface area contributed by atoms with Crippen LogP contribution in [0, 0.1) is 18.3 Å². The zero-order valence-electron chi connectivity index (χ0n) is 33.4. The summed E-state index contributed by atoms with van der Waals surface area (Å²) in [7, 11) is -23.8. The molecule has 1 heterocycles. The highest BCUT2D eigenvalue weighted by Crippen LogP contribution is 2.41. The van der Waals surface area contributed by atoms with E-state index in [4.69, 9.17) is 0 Å². The van der Waals surface area contributed by atoms with Gasteiger partial charge in [-0.25, -0.2) is 4.98 Å². The van der Waals surface area contributed by atoms with Gasteiger partial charge in [-0.2, -0.15) is 52.5 Å². The molecule has 7 N–H and O–H groups in total. The number of nitriles is 1. The molecule has 344 valence electrons. The first-order valence-corrected chi connectivity index (χ1v) is 25.4. The van der Waals surface area contributed by atoms with Crippen molar-refractivity contribution in [3.63, 3.8) is 0 Å². The van der Waals surface area contributed by atoms with E-state index in [2.05, 4.69) is 36.1 Å². The maximum atomic E-state index is 12.3. The highest BCUT2D eigenvalue weighted by Gasteiger charge is 2.23. The van der Waals surface area contributed by atoms with Crippen LogP contribution < -0.4 is 10.6 Å². The molecule has 7 aromatic rings. The van der Waals surface area contributed by atoms with E-state index in [1.54, 1.807) is 0 Å². The normalized spacial score (nSPS) is 12.8. The smallest absolute Gasteiger partial charge is 0.295 e. The quantitative estimate of drug-likeness (QED) is 0.0423. The highest BCUT2D eigenvalue weighted by molar-refractivity contribution is 7.87. The summed E-state index contributed by atoms with van der Waals surface area (Å²) in [5, 5.41) is 33.2. The number of nitrogens with zero attached hydrogens (tertiary/aromatic N) is 6. The van der Waals surface area contributed by atoms with E-state index in [0.717, 1.165) is 48.5 Å². The summed E-state index contributed by atoms with van der Waals surface area (Å²) in [4.78, 5) is 1.45. The van der Waals surface area contributed by atoms with Crippen LogP contribution in [-0.4, -0.2) is 69.8 Å². The van der Waals surface area contributed by atoms with Gasteiger partial charge in [-0.1, -0.05) is 12.1 Å². The molecule has 0 aliphatic heterocycles. The molecule has 0 saturated carbocycles. The van der Waals surface area contributed by atoms with Gasteiger partial charge in [-0.15, -0.1) is 15.3 Å². The van der Waals surface area contributed by atoms with Crippen LogP contribution >= 0.6 is 0 Å². The van der Waals surface area contributed by atoms with Crippen molar-refractivity contribution in [2.24, 2.45) is 20.5 Å². The van der Waals surface area contributed by atoms with Crippen LogP contribution in [0.25, 0.3) is 21.5 Å². The first-order valence-electron chi connectivity index (χ1n) is 18.2. The Labute approximate surface area is 380 Å². The Balaban J connectivity index is 1.34. The van der Waals surface area contributed by atoms with Crippen molar-refractivity contribution in [3.05, 3.63) is 120 Å². The summed E-state index contributed by atoms with van der Waals surface area (Å²) in [6.07, 6.45) is 0. The molecule has 23 nitrogen and oxygen atoms in total. The van der Waals surface area contributed by atoms with Gasteiger partial charge in [0, 0.05) is 33.1 Å². The van der Waals surface area contributed by atoms with Crippen LogP contribution in [0.2, 0.25) is 0 Å². The van der Waals surface area contributed by atoms with Crippen molar-refractivity contribution in [1.82, 2.24) is 4.98 Å². The van der Waals surface area contributed by atoms with E-state index >= 15 is 0 Å². The number of azo groups is 2. The molecule has 0 aliphatic rings. The number of anilines is 4. The maximum Gasteiger partial charge on any atom is 0.295 e. The molecule has 0 fully saturated rings. The molecule has 0 bridgehead atoms. The lowest BCUT2D eigenvalue weighted by molar-refractivity contribution is 0.478. The van der Waals surface area contributed by atoms with Gasteiger partial charge in [0.2, 0.25) is 0 Å². The molecule has 28 heteroatoms. The Morgan fingerprint density at radius 2 is 1.00 bits per heavy atom. The maximum absolute atomic E-state index is 12.3. The van der Waals surface area contributed by atoms with Gasteiger partial charge in [-0.05, 0) is 109 Å². The van der Waals surface area contributed by atoms with Crippen LogP contribution in [0.5, 0.6) is 0 Å². The number of fused-ring (bicyclic) bond motifs is 2. The fourth-order valence-electron chi connectivity index (χ4n) is 6.38. The summed E-state index contributed by atoms with van der Waals surface area (Å²) in [6.45, 7) is 1.49. The molecule has 0 unspecified atom stereocenters. The third kappa shape index (κ3) is 10.6. The van der Waals surface area contributed by atoms with Crippen molar-refractivity contribution in [2.45, 2.75) is 31.4 Å². The SMILES string of the molecule is Cc1c(C#N)c(Nc2ccc(S(=O)(=O)O)cc2)nc(Nc2ccc(S(=O)(=O)O)cc2)c1/N=N/c1ccc(/N=N/c2ccc3cc(S(=O)(=O)O)cc(S(=O)(=O)O)c3c2)c2cc(S(=O)(=O)O)ccc12. The Kier molecular flexibility index (Phi) is 12.5. The largest absolute Gasteiger partial charge is 0.339 e. The number of hydrogen-bond donors (Lipinski definition) is 7. The monoisotopic (exact) mass is 1010 g/mol. The van der Waals surface area contributed by atoms with Crippen LogP contribution in [0.15, 0.2) is 154 Å². The predicted octanol–water partition coefficient (Wildman–Crippen LogP) is 8.12. The molecule has 0 amide bonds. The summed E-state index contributed by atoms with van der Waals surface area (Å²) in [5.41, 5.74) is 0.461. The molecule has 0 radical (unpaired) electrons. The number of aromatic nitrogens is 1. The van der Waals surface area contributed by atoms with Gasteiger partial charge >= 0.3 is 0 Å². The highest BCUT2D eigenvalue weighted by atomic mass is 32.2.